The van der Waals surface area contributed by atoms with Crippen molar-refractivity contribution in [1.82, 2.24) is 0 Å². The third-order valence-electron chi connectivity index (χ3n) is 3.79. The molecule has 1 rings (SSSR count). The van der Waals surface area contributed by atoms with Gasteiger partial charge in [0.15, 0.2) is 5.84 Å². The highest BCUT2D eigenvalue weighted by molar-refractivity contribution is 5.97. The second-order valence-corrected chi connectivity index (χ2v) is 5.58. The van der Waals surface area contributed by atoms with Crippen LogP contribution in [-0.4, -0.2) is 24.6 Å². The van der Waals surface area contributed by atoms with Crippen molar-refractivity contribution in [3.63, 3.8) is 0 Å². The molecule has 0 saturated carbocycles. The largest absolute Gasteiger partial charge is 0.409 e. The number of benzene rings is 1. The summed E-state index contributed by atoms with van der Waals surface area (Å²) in [5.74, 6) is 0.154. The summed E-state index contributed by atoms with van der Waals surface area (Å²) in [4.78, 5) is 2.22. The average Bonchev–Trinajstić information content (AvgIpc) is 2.53. The molecule has 118 valence electrons. The van der Waals surface area contributed by atoms with Crippen LogP contribution in [-0.2, 0) is 0 Å². The van der Waals surface area contributed by atoms with E-state index in [2.05, 4.69) is 30.1 Å². The molecule has 4 heteroatoms. The molecule has 0 fully saturated rings. The summed E-state index contributed by atoms with van der Waals surface area (Å²) < 4.78 is 0. The van der Waals surface area contributed by atoms with E-state index in [0.29, 0.717) is 0 Å². The van der Waals surface area contributed by atoms with Crippen molar-refractivity contribution in [2.75, 3.05) is 18.5 Å². The lowest BCUT2D eigenvalue weighted by Crippen LogP contribution is -2.20. The molecule has 1 aromatic carbocycles. The molecule has 0 spiro atoms. The number of oxime groups is 1. The van der Waals surface area contributed by atoms with Crippen LogP contribution in [0.4, 0.5) is 5.69 Å². The predicted molar refractivity (Wildman–Crippen MR) is 90.2 cm³/mol. The second-order valence-electron chi connectivity index (χ2n) is 5.58. The molecule has 0 radical (unpaired) electrons. The van der Waals surface area contributed by atoms with Crippen molar-refractivity contribution in [2.24, 2.45) is 10.9 Å². The standard InChI is InChI=1S/C17H29N3O/c1-3-4-5-6-7-8-9-13-20(2)16-12-10-11-15(14-16)17(18)19-21/h10-12,14,21H,3-9,13H2,1-2H3,(H2,18,19). The minimum Gasteiger partial charge on any atom is -0.409 e. The van der Waals surface area contributed by atoms with Gasteiger partial charge in [-0.15, -0.1) is 0 Å². The maximum atomic E-state index is 8.73. The van der Waals surface area contributed by atoms with Crippen LogP contribution in [0.1, 0.15) is 57.4 Å². The number of nitrogens with zero attached hydrogens (tertiary/aromatic N) is 2. The van der Waals surface area contributed by atoms with E-state index in [1.54, 1.807) is 0 Å². The molecule has 3 N–H and O–H groups in total. The first-order chi connectivity index (χ1) is 10.2. The van der Waals surface area contributed by atoms with Gasteiger partial charge in [-0.05, 0) is 18.6 Å². The Morgan fingerprint density at radius 1 is 1.14 bits per heavy atom. The fourth-order valence-electron chi connectivity index (χ4n) is 2.40. The zero-order valence-electron chi connectivity index (χ0n) is 13.4. The van der Waals surface area contributed by atoms with Crippen LogP contribution in [0, 0.1) is 0 Å². The molecule has 1 aromatic rings. The number of hydrogen-bond donors (Lipinski definition) is 2. The average molecular weight is 291 g/mol. The van der Waals surface area contributed by atoms with Gasteiger partial charge in [0, 0.05) is 24.8 Å². The summed E-state index contributed by atoms with van der Waals surface area (Å²) in [6.45, 7) is 3.28. The molecular formula is C17H29N3O. The Morgan fingerprint density at radius 3 is 2.48 bits per heavy atom. The molecule has 0 heterocycles. The van der Waals surface area contributed by atoms with Crippen molar-refractivity contribution < 1.29 is 5.21 Å². The highest BCUT2D eigenvalue weighted by Crippen LogP contribution is 2.16. The molecule has 21 heavy (non-hydrogen) atoms. The van der Waals surface area contributed by atoms with Crippen molar-refractivity contribution in [3.8, 4) is 0 Å². The minimum absolute atomic E-state index is 0.154. The van der Waals surface area contributed by atoms with Gasteiger partial charge in [-0.3, -0.25) is 0 Å². The van der Waals surface area contributed by atoms with Gasteiger partial charge in [-0.25, -0.2) is 0 Å². The monoisotopic (exact) mass is 291 g/mol. The summed E-state index contributed by atoms with van der Waals surface area (Å²) in [5.41, 5.74) is 7.48. The van der Waals surface area contributed by atoms with E-state index in [-0.39, 0.29) is 5.84 Å². The van der Waals surface area contributed by atoms with E-state index in [1.807, 2.05) is 18.2 Å². The smallest absolute Gasteiger partial charge is 0.170 e. The zero-order valence-corrected chi connectivity index (χ0v) is 13.4. The molecule has 0 atom stereocenters. The molecule has 0 aromatic heterocycles. The number of unbranched alkanes of at least 4 members (excludes halogenated alkanes) is 6. The number of nitrogens with two attached hydrogens (primary N) is 1. The Balaban J connectivity index is 2.33. The topological polar surface area (TPSA) is 61.8 Å². The quantitative estimate of drug-likeness (QED) is 0.225. The fraction of sp³-hybridized carbons (Fsp3) is 0.588. The lowest BCUT2D eigenvalue weighted by molar-refractivity contribution is 0.318. The maximum Gasteiger partial charge on any atom is 0.170 e. The van der Waals surface area contributed by atoms with E-state index < -0.39 is 0 Å². The highest BCUT2D eigenvalue weighted by atomic mass is 16.4. The van der Waals surface area contributed by atoms with Gasteiger partial charge < -0.3 is 15.8 Å². The molecule has 0 aliphatic rings. The Kier molecular flexibility index (Phi) is 8.32. The Bertz CT molecular complexity index is 432. The van der Waals surface area contributed by atoms with E-state index in [1.165, 1.54) is 44.9 Å². The molecule has 0 aliphatic heterocycles. The summed E-state index contributed by atoms with van der Waals surface area (Å²) in [6, 6.07) is 7.79. The third-order valence-corrected chi connectivity index (χ3v) is 3.79. The van der Waals surface area contributed by atoms with Crippen LogP contribution in [0.5, 0.6) is 0 Å². The van der Waals surface area contributed by atoms with Crippen LogP contribution in [0.25, 0.3) is 0 Å². The minimum atomic E-state index is 0.154. The Hall–Kier alpha value is -1.71. The van der Waals surface area contributed by atoms with Crippen molar-refractivity contribution in [2.45, 2.75) is 51.9 Å². The third kappa shape index (κ3) is 6.52. The first-order valence-electron chi connectivity index (χ1n) is 7.98. The lowest BCUT2D eigenvalue weighted by atomic mass is 10.1. The van der Waals surface area contributed by atoms with Crippen LogP contribution >= 0.6 is 0 Å². The number of amidine groups is 1. The number of anilines is 1. The van der Waals surface area contributed by atoms with Gasteiger partial charge in [0.1, 0.15) is 0 Å². The number of rotatable bonds is 10. The summed E-state index contributed by atoms with van der Waals surface area (Å²) in [5, 5.41) is 11.8. The van der Waals surface area contributed by atoms with Crippen molar-refractivity contribution in [3.05, 3.63) is 29.8 Å². The van der Waals surface area contributed by atoms with Crippen LogP contribution in [0.3, 0.4) is 0 Å². The van der Waals surface area contributed by atoms with Crippen LogP contribution in [0.2, 0.25) is 0 Å². The molecule has 0 unspecified atom stereocenters. The van der Waals surface area contributed by atoms with Crippen LogP contribution < -0.4 is 10.6 Å². The highest BCUT2D eigenvalue weighted by Gasteiger charge is 2.04. The Morgan fingerprint density at radius 2 is 1.81 bits per heavy atom. The zero-order chi connectivity index (χ0) is 15.5. The predicted octanol–water partition coefficient (Wildman–Crippen LogP) is 3.97. The van der Waals surface area contributed by atoms with Gasteiger partial charge in [-0.2, -0.15) is 0 Å². The summed E-state index contributed by atoms with van der Waals surface area (Å²) in [7, 11) is 2.09. The van der Waals surface area contributed by atoms with E-state index in [4.69, 9.17) is 10.9 Å². The first-order valence-corrected chi connectivity index (χ1v) is 7.98. The molecule has 4 nitrogen and oxygen atoms in total. The summed E-state index contributed by atoms with van der Waals surface area (Å²) >= 11 is 0. The van der Waals surface area contributed by atoms with E-state index >= 15 is 0 Å². The molecule has 0 aliphatic carbocycles. The van der Waals surface area contributed by atoms with Gasteiger partial charge in [0.05, 0.1) is 0 Å². The normalized spacial score (nSPS) is 11.6. The fourth-order valence-corrected chi connectivity index (χ4v) is 2.40. The van der Waals surface area contributed by atoms with Gasteiger partial charge in [0.2, 0.25) is 0 Å². The van der Waals surface area contributed by atoms with Gasteiger partial charge in [-0.1, -0.05) is 62.7 Å². The van der Waals surface area contributed by atoms with Gasteiger partial charge in [0.25, 0.3) is 0 Å². The molecule has 0 amide bonds. The van der Waals surface area contributed by atoms with Crippen LogP contribution in [0.15, 0.2) is 29.4 Å². The second kappa shape index (κ2) is 10.1. The van der Waals surface area contributed by atoms with Crippen molar-refractivity contribution >= 4 is 11.5 Å². The van der Waals surface area contributed by atoms with E-state index in [9.17, 15) is 0 Å². The lowest BCUT2D eigenvalue weighted by Gasteiger charge is -2.19. The SMILES string of the molecule is CCCCCCCCCN(C)c1cccc(C(N)=NO)c1. The van der Waals surface area contributed by atoms with Gasteiger partial charge >= 0.3 is 0 Å². The maximum absolute atomic E-state index is 8.73. The summed E-state index contributed by atoms with van der Waals surface area (Å²) in [6.07, 6.45) is 9.22. The Labute approximate surface area is 128 Å². The molecule has 0 bridgehead atoms. The molecular weight excluding hydrogens is 262 g/mol. The number of hydrogen-bond acceptors (Lipinski definition) is 3. The van der Waals surface area contributed by atoms with E-state index in [0.717, 1.165) is 17.8 Å². The molecule has 0 saturated heterocycles. The first kappa shape index (κ1) is 17.3. The van der Waals surface area contributed by atoms with Crippen molar-refractivity contribution in [1.29, 1.82) is 0 Å².